The number of rotatable bonds is 5. The number of hydrogen-bond acceptors (Lipinski definition) is 5. The molecular formula is C9H17NO5S. The van der Waals surface area contributed by atoms with Crippen LogP contribution < -0.4 is 4.72 Å². The fourth-order valence-electron chi connectivity index (χ4n) is 1.52. The third kappa shape index (κ3) is 3.16. The van der Waals surface area contributed by atoms with Gasteiger partial charge >= 0.3 is 5.97 Å². The van der Waals surface area contributed by atoms with E-state index in [0.717, 1.165) is 7.11 Å². The van der Waals surface area contributed by atoms with Crippen molar-refractivity contribution in [2.75, 3.05) is 13.7 Å². The molecule has 0 saturated heterocycles. The van der Waals surface area contributed by atoms with E-state index in [1.807, 2.05) is 0 Å². The summed E-state index contributed by atoms with van der Waals surface area (Å²) in [7, 11) is -2.52. The highest BCUT2D eigenvalue weighted by atomic mass is 32.2. The van der Waals surface area contributed by atoms with Crippen molar-refractivity contribution in [3.05, 3.63) is 0 Å². The second kappa shape index (κ2) is 5.11. The van der Waals surface area contributed by atoms with Crippen LogP contribution in [0.1, 0.15) is 19.8 Å². The Morgan fingerprint density at radius 1 is 1.56 bits per heavy atom. The molecule has 16 heavy (non-hydrogen) atoms. The monoisotopic (exact) mass is 251 g/mol. The Hall–Kier alpha value is -0.660. The van der Waals surface area contributed by atoms with Crippen LogP contribution in [0, 0.1) is 5.92 Å². The molecule has 0 radical (unpaired) electrons. The Bertz CT molecular complexity index is 347. The fraction of sp³-hybridized carbons (Fsp3) is 0.889. The van der Waals surface area contributed by atoms with Gasteiger partial charge in [-0.05, 0) is 25.7 Å². The lowest BCUT2D eigenvalue weighted by molar-refractivity contribution is -0.139. The number of methoxy groups -OCH3 is 1. The Labute approximate surface area is 95.0 Å². The molecule has 0 aromatic heterocycles. The summed E-state index contributed by atoms with van der Waals surface area (Å²) >= 11 is 0. The van der Waals surface area contributed by atoms with Gasteiger partial charge in [0.2, 0.25) is 10.0 Å². The number of esters is 1. The first-order valence-corrected chi connectivity index (χ1v) is 6.65. The van der Waals surface area contributed by atoms with Crippen molar-refractivity contribution in [3.63, 3.8) is 0 Å². The van der Waals surface area contributed by atoms with Gasteiger partial charge in [0.1, 0.15) is 0 Å². The lowest BCUT2D eigenvalue weighted by atomic mass is 9.83. The molecule has 7 heteroatoms. The smallest absolute Gasteiger partial charge is 0.325 e. The zero-order valence-electron chi connectivity index (χ0n) is 9.34. The number of nitrogens with one attached hydrogen (secondary N) is 1. The van der Waals surface area contributed by atoms with Crippen LogP contribution in [0.4, 0.5) is 0 Å². The van der Waals surface area contributed by atoms with E-state index in [4.69, 9.17) is 5.11 Å². The molecule has 0 amide bonds. The number of aliphatic hydroxyl groups is 1. The van der Waals surface area contributed by atoms with Crippen LogP contribution in [0.25, 0.3) is 0 Å². The average molecular weight is 251 g/mol. The molecule has 0 spiro atoms. The highest BCUT2D eigenvalue weighted by Gasteiger charge is 2.32. The van der Waals surface area contributed by atoms with E-state index in [9.17, 15) is 13.2 Å². The average Bonchev–Trinajstić information content (AvgIpc) is 2.20. The van der Waals surface area contributed by atoms with Crippen LogP contribution in [0.2, 0.25) is 0 Å². The van der Waals surface area contributed by atoms with Crippen molar-refractivity contribution in [1.82, 2.24) is 4.72 Å². The predicted octanol–water partition coefficient (Wildman–Crippen LogP) is -0.762. The van der Waals surface area contributed by atoms with Crippen LogP contribution in [0.5, 0.6) is 0 Å². The summed E-state index contributed by atoms with van der Waals surface area (Å²) in [6.07, 6.45) is 0.900. The largest absolute Gasteiger partial charge is 0.468 e. The van der Waals surface area contributed by atoms with Gasteiger partial charge in [0.15, 0.2) is 5.25 Å². The van der Waals surface area contributed by atoms with Gasteiger partial charge in [-0.1, -0.05) is 0 Å². The summed E-state index contributed by atoms with van der Waals surface area (Å²) < 4.78 is 29.9. The van der Waals surface area contributed by atoms with Gasteiger partial charge < -0.3 is 9.84 Å². The molecule has 1 fully saturated rings. The van der Waals surface area contributed by atoms with Crippen molar-refractivity contribution in [2.45, 2.75) is 31.1 Å². The number of carbonyl (C=O) groups excluding carboxylic acids is 1. The van der Waals surface area contributed by atoms with Crippen molar-refractivity contribution in [3.8, 4) is 0 Å². The SMILES string of the molecule is COC(=O)C(C)S(=O)(=O)NCC1CC(O)C1. The summed E-state index contributed by atoms with van der Waals surface area (Å²) in [5.41, 5.74) is 0. The van der Waals surface area contributed by atoms with Crippen LogP contribution >= 0.6 is 0 Å². The summed E-state index contributed by atoms with van der Waals surface area (Å²) in [5, 5.41) is 7.83. The lowest BCUT2D eigenvalue weighted by Gasteiger charge is -2.31. The fourth-order valence-corrected chi connectivity index (χ4v) is 2.59. The highest BCUT2D eigenvalue weighted by Crippen LogP contribution is 2.26. The maximum Gasteiger partial charge on any atom is 0.325 e. The molecule has 0 heterocycles. The normalized spacial score (nSPS) is 26.9. The van der Waals surface area contributed by atoms with E-state index < -0.39 is 21.2 Å². The maximum atomic E-state index is 11.6. The molecule has 1 aliphatic carbocycles. The lowest BCUT2D eigenvalue weighted by Crippen LogP contribution is -2.43. The summed E-state index contributed by atoms with van der Waals surface area (Å²) in [5.74, 6) is -0.615. The van der Waals surface area contributed by atoms with Gasteiger partial charge in [0.05, 0.1) is 13.2 Å². The first-order valence-electron chi connectivity index (χ1n) is 5.11. The van der Waals surface area contributed by atoms with Crippen LogP contribution in [-0.4, -0.2) is 44.5 Å². The molecular weight excluding hydrogens is 234 g/mol. The van der Waals surface area contributed by atoms with E-state index in [2.05, 4.69) is 9.46 Å². The number of ether oxygens (including phenoxy) is 1. The zero-order chi connectivity index (χ0) is 12.3. The molecule has 1 unspecified atom stereocenters. The standard InChI is InChI=1S/C9H17NO5S/c1-6(9(12)15-2)16(13,14)10-5-7-3-8(11)4-7/h6-8,10-11H,3-5H2,1-2H3. The molecule has 1 saturated carbocycles. The molecule has 94 valence electrons. The van der Waals surface area contributed by atoms with Gasteiger partial charge in [-0.3, -0.25) is 4.79 Å². The minimum Gasteiger partial charge on any atom is -0.468 e. The van der Waals surface area contributed by atoms with E-state index in [-0.39, 0.29) is 18.6 Å². The quantitative estimate of drug-likeness (QED) is 0.626. The van der Waals surface area contributed by atoms with Crippen molar-refractivity contribution < 1.29 is 23.1 Å². The first kappa shape index (κ1) is 13.4. The summed E-state index contributed by atoms with van der Waals surface area (Å²) in [6, 6.07) is 0. The van der Waals surface area contributed by atoms with Gasteiger partial charge in [-0.2, -0.15) is 0 Å². The van der Waals surface area contributed by atoms with Crippen molar-refractivity contribution in [1.29, 1.82) is 0 Å². The van der Waals surface area contributed by atoms with Gasteiger partial charge in [-0.25, -0.2) is 13.1 Å². The van der Waals surface area contributed by atoms with Crippen LogP contribution in [-0.2, 0) is 19.6 Å². The van der Waals surface area contributed by atoms with Crippen molar-refractivity contribution >= 4 is 16.0 Å². The maximum absolute atomic E-state index is 11.6. The van der Waals surface area contributed by atoms with Gasteiger partial charge in [0.25, 0.3) is 0 Å². The Kier molecular flexibility index (Phi) is 4.28. The molecule has 0 aromatic carbocycles. The summed E-state index contributed by atoms with van der Waals surface area (Å²) in [4.78, 5) is 11.1. The Morgan fingerprint density at radius 3 is 2.56 bits per heavy atom. The topological polar surface area (TPSA) is 92.7 Å². The number of carbonyl (C=O) groups is 1. The molecule has 6 nitrogen and oxygen atoms in total. The Balaban J connectivity index is 2.42. The zero-order valence-corrected chi connectivity index (χ0v) is 10.2. The number of hydrogen-bond donors (Lipinski definition) is 2. The van der Waals surface area contributed by atoms with Crippen molar-refractivity contribution in [2.24, 2.45) is 5.92 Å². The Morgan fingerprint density at radius 2 is 2.12 bits per heavy atom. The van der Waals surface area contributed by atoms with E-state index in [1.54, 1.807) is 0 Å². The third-order valence-electron chi connectivity index (χ3n) is 2.78. The number of sulfonamides is 1. The second-order valence-electron chi connectivity index (χ2n) is 4.05. The van der Waals surface area contributed by atoms with E-state index in [0.29, 0.717) is 12.8 Å². The first-order chi connectivity index (χ1) is 7.36. The van der Waals surface area contributed by atoms with Crippen LogP contribution in [0.15, 0.2) is 0 Å². The minimum absolute atomic E-state index is 0.162. The number of aliphatic hydroxyl groups excluding tert-OH is 1. The van der Waals surface area contributed by atoms with Crippen LogP contribution in [0.3, 0.4) is 0 Å². The van der Waals surface area contributed by atoms with Gasteiger partial charge in [0, 0.05) is 6.54 Å². The van der Waals surface area contributed by atoms with Gasteiger partial charge in [-0.15, -0.1) is 0 Å². The molecule has 0 bridgehead atoms. The highest BCUT2D eigenvalue weighted by molar-refractivity contribution is 7.90. The molecule has 1 atom stereocenters. The summed E-state index contributed by atoms with van der Waals surface area (Å²) in [6.45, 7) is 1.55. The molecule has 0 aromatic rings. The minimum atomic E-state index is -3.67. The molecule has 1 aliphatic rings. The van der Waals surface area contributed by atoms with E-state index in [1.165, 1.54) is 6.92 Å². The molecule has 2 N–H and O–H groups in total. The third-order valence-corrected chi connectivity index (χ3v) is 4.47. The molecule has 1 rings (SSSR count). The predicted molar refractivity (Wildman–Crippen MR) is 57.1 cm³/mol. The van der Waals surface area contributed by atoms with E-state index >= 15 is 0 Å². The molecule has 0 aliphatic heterocycles. The second-order valence-corrected chi connectivity index (χ2v) is 6.14.